The summed E-state index contributed by atoms with van der Waals surface area (Å²) >= 11 is -3.79. The SMILES string of the molecule is O=[Se]([O-])[O-].[Sr+2]. The van der Waals surface area contributed by atoms with E-state index in [4.69, 9.17) is 12.2 Å². The molecule has 0 spiro atoms. The zero-order chi connectivity index (χ0) is 3.58. The van der Waals surface area contributed by atoms with E-state index in [-0.39, 0.29) is 45.5 Å². The van der Waals surface area contributed by atoms with Gasteiger partial charge < -0.3 is 0 Å². The molecule has 5 heavy (non-hydrogen) atoms. The summed E-state index contributed by atoms with van der Waals surface area (Å²) in [4.78, 5) is 0. The average Bonchev–Trinajstić information content (AvgIpc) is 0.811. The van der Waals surface area contributed by atoms with Crippen LogP contribution in [0.2, 0.25) is 0 Å². The van der Waals surface area contributed by atoms with Gasteiger partial charge in [-0.15, -0.1) is 0 Å². The summed E-state index contributed by atoms with van der Waals surface area (Å²) in [5.41, 5.74) is 0. The van der Waals surface area contributed by atoms with Crippen LogP contribution in [-0.2, 0) is 3.83 Å². The molecular weight excluding hydrogens is 215 g/mol. The van der Waals surface area contributed by atoms with Gasteiger partial charge in [-0.3, -0.25) is 0 Å². The van der Waals surface area contributed by atoms with Crippen LogP contribution < -0.4 is 8.38 Å². The standard InChI is InChI=1S/H2O3Se.Sr/c1-4(2)3;/h(H2,1,2,3);/q;+2/p-2. The van der Waals surface area contributed by atoms with Crippen LogP contribution in [0.15, 0.2) is 0 Å². The van der Waals surface area contributed by atoms with E-state index in [0.29, 0.717) is 0 Å². The summed E-state index contributed by atoms with van der Waals surface area (Å²) in [6, 6.07) is 0. The van der Waals surface area contributed by atoms with Crippen LogP contribution in [0.4, 0.5) is 0 Å². The maximum absolute atomic E-state index is 8.54. The second-order valence-electron chi connectivity index (χ2n) is 0.204. The van der Waals surface area contributed by atoms with E-state index in [9.17, 15) is 0 Å². The van der Waals surface area contributed by atoms with Crippen molar-refractivity contribution in [3.05, 3.63) is 0 Å². The molecule has 0 aliphatic rings. The fraction of sp³-hybridized carbons (Fsp3) is 0. The van der Waals surface area contributed by atoms with Gasteiger partial charge in [0.05, 0.1) is 0 Å². The van der Waals surface area contributed by atoms with Crippen LogP contribution in [-0.4, -0.2) is 60.0 Å². The summed E-state index contributed by atoms with van der Waals surface area (Å²) in [7, 11) is 0. The van der Waals surface area contributed by atoms with Crippen LogP contribution in [0, 0.1) is 0 Å². The van der Waals surface area contributed by atoms with Crippen molar-refractivity contribution in [2.75, 3.05) is 0 Å². The molecule has 5 heteroatoms. The molecule has 0 amide bonds. The van der Waals surface area contributed by atoms with Crippen molar-refractivity contribution in [2.24, 2.45) is 0 Å². The largest absolute Gasteiger partial charge is 2.00 e. The van der Waals surface area contributed by atoms with E-state index in [0.717, 1.165) is 0 Å². The van der Waals surface area contributed by atoms with Gasteiger partial charge in [-0.05, 0) is 0 Å². The van der Waals surface area contributed by atoms with Crippen molar-refractivity contribution in [3.8, 4) is 0 Å². The Hall–Kier alpha value is 1.72. The van der Waals surface area contributed by atoms with Crippen molar-refractivity contribution in [3.63, 3.8) is 0 Å². The van der Waals surface area contributed by atoms with Gasteiger partial charge >= 0.3 is 72.2 Å². The molecular formula is O3SeSr. The van der Waals surface area contributed by atoms with E-state index in [1.165, 1.54) is 0 Å². The van der Waals surface area contributed by atoms with Gasteiger partial charge in [-0.1, -0.05) is 0 Å². The molecule has 0 atom stereocenters. The first-order chi connectivity index (χ1) is 1.73. The first-order valence-electron chi connectivity index (χ1n) is 0.500. The maximum Gasteiger partial charge on any atom is 2.00 e. The third-order valence-electron chi connectivity index (χ3n) is 0. The minimum Gasteiger partial charge on any atom is 2.00 e. The number of hydrogen-bond donors (Lipinski definition) is 0. The minimum atomic E-state index is -3.79. The van der Waals surface area contributed by atoms with Gasteiger partial charge in [0.2, 0.25) is 0 Å². The van der Waals surface area contributed by atoms with Gasteiger partial charge in [-0.2, -0.15) is 0 Å². The molecule has 0 fully saturated rings. The zero-order valence-electron chi connectivity index (χ0n) is 2.34. The molecule has 0 aliphatic heterocycles. The normalized spacial score (nSPS) is 7.00. The fourth-order valence-electron chi connectivity index (χ4n) is 0. The summed E-state index contributed by atoms with van der Waals surface area (Å²) < 4.78 is 25.6. The van der Waals surface area contributed by atoms with Crippen molar-refractivity contribution in [1.29, 1.82) is 0 Å². The molecule has 0 saturated carbocycles. The maximum atomic E-state index is 8.54. The molecule has 0 radical (unpaired) electrons. The summed E-state index contributed by atoms with van der Waals surface area (Å²) in [5, 5.41) is 0. The van der Waals surface area contributed by atoms with E-state index in [1.54, 1.807) is 0 Å². The number of rotatable bonds is 0. The molecule has 3 nitrogen and oxygen atoms in total. The summed E-state index contributed by atoms with van der Waals surface area (Å²) in [6.07, 6.45) is 0. The second kappa shape index (κ2) is 5.72. The number of hydrogen-bond acceptors (Lipinski definition) is 3. The van der Waals surface area contributed by atoms with Crippen molar-refractivity contribution < 1.29 is 12.2 Å². The quantitative estimate of drug-likeness (QED) is 0.398. The molecule has 0 rings (SSSR count). The Morgan fingerprint density at radius 2 is 1.40 bits per heavy atom. The third-order valence-corrected chi connectivity index (χ3v) is 0. The topological polar surface area (TPSA) is 63.2 Å². The second-order valence-corrected chi connectivity index (χ2v) is 1.06. The first-order valence-corrected chi connectivity index (χ1v) is 2.60. The van der Waals surface area contributed by atoms with Gasteiger partial charge in [-0.25, -0.2) is 0 Å². The van der Waals surface area contributed by atoms with E-state index in [1.807, 2.05) is 0 Å². The van der Waals surface area contributed by atoms with Crippen LogP contribution in [0.5, 0.6) is 0 Å². The Bertz CT molecular complexity index is 29.9. The molecule has 26 valence electrons. The first kappa shape index (κ1) is 9.87. The third kappa shape index (κ3) is 26.8. The Kier molecular flexibility index (Phi) is 11.3. The Morgan fingerprint density at radius 3 is 1.40 bits per heavy atom. The molecule has 0 aromatic rings. The predicted octanol–water partition coefficient (Wildman–Crippen LogP) is -3.26. The molecule has 0 saturated heterocycles. The smallest absolute Gasteiger partial charge is 2.00 e. The Balaban J connectivity index is 0. The van der Waals surface area contributed by atoms with Gasteiger partial charge in [0.1, 0.15) is 0 Å². The molecule has 0 N–H and O–H groups in total. The molecule has 0 aromatic carbocycles. The van der Waals surface area contributed by atoms with Crippen molar-refractivity contribution >= 4 is 60.0 Å². The zero-order valence-corrected chi connectivity index (χ0v) is 7.53. The van der Waals surface area contributed by atoms with E-state index >= 15 is 0 Å². The summed E-state index contributed by atoms with van der Waals surface area (Å²) in [6.45, 7) is 0. The monoisotopic (exact) mass is 216 g/mol. The Morgan fingerprint density at radius 1 is 1.40 bits per heavy atom. The molecule has 0 bridgehead atoms. The molecule has 0 aliphatic carbocycles. The van der Waals surface area contributed by atoms with Gasteiger partial charge in [0.15, 0.2) is 0 Å². The molecule has 0 unspecified atom stereocenters. The molecule has 0 aromatic heterocycles. The minimum absolute atomic E-state index is 0. The van der Waals surface area contributed by atoms with E-state index < -0.39 is 14.5 Å². The van der Waals surface area contributed by atoms with Gasteiger partial charge in [0, 0.05) is 0 Å². The van der Waals surface area contributed by atoms with E-state index in [2.05, 4.69) is 0 Å². The van der Waals surface area contributed by atoms with Crippen LogP contribution in [0.25, 0.3) is 0 Å². The van der Waals surface area contributed by atoms with Crippen LogP contribution in [0.3, 0.4) is 0 Å². The van der Waals surface area contributed by atoms with Crippen LogP contribution in [0.1, 0.15) is 0 Å². The molecule has 0 heterocycles. The Labute approximate surface area is 71.0 Å². The fourth-order valence-corrected chi connectivity index (χ4v) is 0. The van der Waals surface area contributed by atoms with Crippen molar-refractivity contribution in [1.82, 2.24) is 0 Å². The van der Waals surface area contributed by atoms with Crippen LogP contribution >= 0.6 is 0 Å². The average molecular weight is 215 g/mol. The predicted molar refractivity (Wildman–Crippen MR) is 12.2 cm³/mol. The van der Waals surface area contributed by atoms with Crippen molar-refractivity contribution in [2.45, 2.75) is 0 Å². The summed E-state index contributed by atoms with van der Waals surface area (Å²) in [5.74, 6) is 0. The van der Waals surface area contributed by atoms with Gasteiger partial charge in [0.25, 0.3) is 0 Å².